The number of fused-ring (bicyclic) bond motifs is 1. The fourth-order valence-electron chi connectivity index (χ4n) is 4.10. The van der Waals surface area contributed by atoms with E-state index in [2.05, 4.69) is 12.2 Å². The van der Waals surface area contributed by atoms with Gasteiger partial charge in [-0.05, 0) is 38.5 Å². The van der Waals surface area contributed by atoms with E-state index in [4.69, 9.17) is 0 Å². The SMILES string of the molecule is CCN(CC)C(=O)CN1C(=O)C2C3C=CC(CC3)C2C1=O. The number of likely N-dealkylation sites (N-methyl/N-ethyl adjacent to an activating group) is 1. The number of nitrogens with zero attached hydrogens (tertiary/aromatic N) is 2. The van der Waals surface area contributed by atoms with Crippen LogP contribution in [0.5, 0.6) is 0 Å². The zero-order chi connectivity index (χ0) is 15.1. The lowest BCUT2D eigenvalue weighted by molar-refractivity contribution is -0.146. The number of carbonyl (C=O) groups excluding carboxylic acids is 3. The van der Waals surface area contributed by atoms with E-state index in [0.717, 1.165) is 12.8 Å². The molecule has 4 rings (SSSR count). The predicted octanol–water partition coefficient (Wildman–Crippen LogP) is 1.05. The minimum atomic E-state index is -0.217. The van der Waals surface area contributed by atoms with Crippen LogP contribution in [0, 0.1) is 23.7 Å². The number of likely N-dealkylation sites (tertiary alicyclic amines) is 1. The molecule has 1 saturated carbocycles. The molecule has 2 bridgehead atoms. The van der Waals surface area contributed by atoms with Gasteiger partial charge in [-0.25, -0.2) is 0 Å². The van der Waals surface area contributed by atoms with Crippen molar-refractivity contribution in [2.24, 2.45) is 23.7 Å². The highest BCUT2D eigenvalue weighted by molar-refractivity contribution is 6.08. The summed E-state index contributed by atoms with van der Waals surface area (Å²) < 4.78 is 0. The lowest BCUT2D eigenvalue weighted by Gasteiger charge is -2.38. The largest absolute Gasteiger partial charge is 0.342 e. The van der Waals surface area contributed by atoms with E-state index < -0.39 is 0 Å². The number of rotatable bonds is 4. The first-order valence-electron chi connectivity index (χ1n) is 7.89. The van der Waals surface area contributed by atoms with Crippen molar-refractivity contribution in [3.8, 4) is 0 Å². The van der Waals surface area contributed by atoms with E-state index in [9.17, 15) is 14.4 Å². The second kappa shape index (κ2) is 5.28. The Kier molecular flexibility index (Phi) is 3.59. The Bertz CT molecular complexity index is 478. The molecule has 0 aromatic heterocycles. The number of allylic oxidation sites excluding steroid dienone is 2. The number of carbonyl (C=O) groups is 3. The first-order chi connectivity index (χ1) is 10.1. The fraction of sp³-hybridized carbons (Fsp3) is 0.688. The lowest BCUT2D eigenvalue weighted by atomic mass is 9.63. The Labute approximate surface area is 125 Å². The molecule has 3 aliphatic carbocycles. The van der Waals surface area contributed by atoms with E-state index >= 15 is 0 Å². The molecule has 5 nitrogen and oxygen atoms in total. The molecule has 21 heavy (non-hydrogen) atoms. The zero-order valence-corrected chi connectivity index (χ0v) is 12.6. The van der Waals surface area contributed by atoms with Crippen molar-refractivity contribution in [2.75, 3.05) is 19.6 Å². The second-order valence-corrected chi connectivity index (χ2v) is 6.17. The molecule has 1 saturated heterocycles. The van der Waals surface area contributed by atoms with Crippen LogP contribution in [0.25, 0.3) is 0 Å². The minimum absolute atomic E-state index is 0.0915. The third-order valence-electron chi connectivity index (χ3n) is 5.26. The van der Waals surface area contributed by atoms with Crippen LogP contribution >= 0.6 is 0 Å². The normalized spacial score (nSPS) is 33.5. The molecular formula is C16H22N2O3. The highest BCUT2D eigenvalue weighted by atomic mass is 16.2. The van der Waals surface area contributed by atoms with Crippen LogP contribution in [0.1, 0.15) is 26.7 Å². The van der Waals surface area contributed by atoms with Gasteiger partial charge in [-0.15, -0.1) is 0 Å². The number of amides is 3. The van der Waals surface area contributed by atoms with Crippen LogP contribution < -0.4 is 0 Å². The Morgan fingerprint density at radius 2 is 1.57 bits per heavy atom. The molecule has 5 heteroatoms. The van der Waals surface area contributed by atoms with Gasteiger partial charge in [0, 0.05) is 13.1 Å². The van der Waals surface area contributed by atoms with Crippen molar-refractivity contribution in [3.63, 3.8) is 0 Å². The zero-order valence-electron chi connectivity index (χ0n) is 12.6. The molecule has 0 aromatic rings. The van der Waals surface area contributed by atoms with Crippen molar-refractivity contribution in [3.05, 3.63) is 12.2 Å². The Balaban J connectivity index is 1.78. The summed E-state index contributed by atoms with van der Waals surface area (Å²) in [7, 11) is 0. The molecule has 4 atom stereocenters. The molecule has 4 unspecified atom stereocenters. The van der Waals surface area contributed by atoms with Crippen LogP contribution in [0.15, 0.2) is 12.2 Å². The van der Waals surface area contributed by atoms with Crippen LogP contribution in [0.3, 0.4) is 0 Å². The minimum Gasteiger partial charge on any atom is -0.342 e. The van der Waals surface area contributed by atoms with Crippen LogP contribution in [0.4, 0.5) is 0 Å². The fourth-order valence-corrected chi connectivity index (χ4v) is 4.10. The third-order valence-corrected chi connectivity index (χ3v) is 5.26. The summed E-state index contributed by atoms with van der Waals surface area (Å²) >= 11 is 0. The molecule has 114 valence electrons. The summed E-state index contributed by atoms with van der Waals surface area (Å²) in [5, 5.41) is 0. The molecule has 0 radical (unpaired) electrons. The second-order valence-electron chi connectivity index (χ2n) is 6.17. The molecule has 0 spiro atoms. The van der Waals surface area contributed by atoms with Crippen LogP contribution in [-0.4, -0.2) is 47.2 Å². The van der Waals surface area contributed by atoms with Gasteiger partial charge in [0.15, 0.2) is 0 Å². The summed E-state index contributed by atoms with van der Waals surface area (Å²) in [6.07, 6.45) is 6.16. The van der Waals surface area contributed by atoms with E-state index in [1.165, 1.54) is 4.90 Å². The predicted molar refractivity (Wildman–Crippen MR) is 77.0 cm³/mol. The average molecular weight is 290 g/mol. The van der Waals surface area contributed by atoms with Gasteiger partial charge in [0.1, 0.15) is 6.54 Å². The quantitative estimate of drug-likeness (QED) is 0.574. The van der Waals surface area contributed by atoms with E-state index in [1.54, 1.807) is 4.90 Å². The van der Waals surface area contributed by atoms with Crippen molar-refractivity contribution < 1.29 is 14.4 Å². The van der Waals surface area contributed by atoms with Crippen molar-refractivity contribution in [1.82, 2.24) is 9.80 Å². The third kappa shape index (κ3) is 2.10. The Morgan fingerprint density at radius 3 is 1.95 bits per heavy atom. The Morgan fingerprint density at radius 1 is 1.10 bits per heavy atom. The molecule has 1 heterocycles. The summed E-state index contributed by atoms with van der Waals surface area (Å²) in [6, 6.07) is 0. The standard InChI is InChI=1S/C16H22N2O3/c1-3-17(4-2)12(19)9-18-15(20)13-10-5-6-11(8-7-10)14(13)16(18)21/h5-6,10-11,13-14H,3-4,7-9H2,1-2H3. The van der Waals surface area contributed by atoms with E-state index in [-0.39, 0.29) is 47.9 Å². The molecule has 3 amide bonds. The van der Waals surface area contributed by atoms with Gasteiger partial charge in [0.05, 0.1) is 11.8 Å². The molecule has 4 aliphatic rings. The summed E-state index contributed by atoms with van der Waals surface area (Å²) in [5.41, 5.74) is 0. The molecule has 1 aliphatic heterocycles. The van der Waals surface area contributed by atoms with Gasteiger partial charge in [-0.3, -0.25) is 19.3 Å². The first-order valence-corrected chi connectivity index (χ1v) is 7.89. The van der Waals surface area contributed by atoms with Gasteiger partial charge in [-0.2, -0.15) is 0 Å². The van der Waals surface area contributed by atoms with Gasteiger partial charge in [0.25, 0.3) is 0 Å². The van der Waals surface area contributed by atoms with Crippen LogP contribution in [-0.2, 0) is 14.4 Å². The summed E-state index contributed by atoms with van der Waals surface area (Å²) in [4.78, 5) is 40.2. The summed E-state index contributed by atoms with van der Waals surface area (Å²) in [5.74, 6) is -0.471. The monoisotopic (exact) mass is 290 g/mol. The maximum absolute atomic E-state index is 12.6. The number of hydrogen-bond acceptors (Lipinski definition) is 3. The van der Waals surface area contributed by atoms with E-state index in [0.29, 0.717) is 13.1 Å². The van der Waals surface area contributed by atoms with Crippen molar-refractivity contribution in [2.45, 2.75) is 26.7 Å². The smallest absolute Gasteiger partial charge is 0.242 e. The van der Waals surface area contributed by atoms with Crippen molar-refractivity contribution >= 4 is 17.7 Å². The average Bonchev–Trinajstić information content (AvgIpc) is 2.77. The molecular weight excluding hydrogens is 268 g/mol. The van der Waals surface area contributed by atoms with Crippen molar-refractivity contribution in [1.29, 1.82) is 0 Å². The van der Waals surface area contributed by atoms with Gasteiger partial charge in [0.2, 0.25) is 17.7 Å². The summed E-state index contributed by atoms with van der Waals surface area (Å²) in [6.45, 7) is 4.92. The maximum atomic E-state index is 12.6. The Hall–Kier alpha value is -1.65. The molecule has 0 N–H and O–H groups in total. The van der Waals surface area contributed by atoms with E-state index in [1.807, 2.05) is 13.8 Å². The number of hydrogen-bond donors (Lipinski definition) is 0. The highest BCUT2D eigenvalue weighted by Gasteiger charge is 2.56. The lowest BCUT2D eigenvalue weighted by Crippen LogP contribution is -2.43. The van der Waals surface area contributed by atoms with Gasteiger partial charge < -0.3 is 4.90 Å². The van der Waals surface area contributed by atoms with Crippen LogP contribution in [0.2, 0.25) is 0 Å². The van der Waals surface area contributed by atoms with Gasteiger partial charge >= 0.3 is 0 Å². The number of imide groups is 1. The molecule has 2 fully saturated rings. The topological polar surface area (TPSA) is 57.7 Å². The first kappa shape index (κ1) is 14.3. The van der Waals surface area contributed by atoms with Gasteiger partial charge in [-0.1, -0.05) is 12.2 Å². The molecule has 0 aromatic carbocycles. The highest BCUT2D eigenvalue weighted by Crippen LogP contribution is 2.49. The maximum Gasteiger partial charge on any atom is 0.242 e.